The smallest absolute Gasteiger partial charge is 0.326 e. The van der Waals surface area contributed by atoms with Crippen LogP contribution < -0.4 is 5.32 Å². The minimum Gasteiger partial charge on any atom is -0.480 e. The molecule has 1 aromatic rings. The van der Waals surface area contributed by atoms with Gasteiger partial charge in [0.25, 0.3) is 0 Å². The summed E-state index contributed by atoms with van der Waals surface area (Å²) in [6, 6.07) is 4.10. The summed E-state index contributed by atoms with van der Waals surface area (Å²) in [5.41, 5.74) is 0.677. The van der Waals surface area contributed by atoms with E-state index >= 15 is 0 Å². The van der Waals surface area contributed by atoms with Gasteiger partial charge in [-0.3, -0.25) is 4.79 Å². The van der Waals surface area contributed by atoms with Gasteiger partial charge in [0.05, 0.1) is 0 Å². The standard InChI is InChI=1S/C14H13Cl2NO3/c15-10-5-8(6-11(16)7-10)1-4-12(18)17-13(14(19)20)9-2-3-9/h1,4-7,9,13H,2-3H2,(H,17,18)(H,19,20). The van der Waals surface area contributed by atoms with Crippen LogP contribution in [0.5, 0.6) is 0 Å². The third-order valence-electron chi connectivity index (χ3n) is 2.97. The minimum absolute atomic E-state index is 0.0467. The first kappa shape index (κ1) is 14.9. The van der Waals surface area contributed by atoms with Gasteiger partial charge in [0, 0.05) is 16.1 Å². The second-order valence-corrected chi connectivity index (χ2v) is 5.57. The fraction of sp³-hybridized carbons (Fsp3) is 0.286. The van der Waals surface area contributed by atoms with Gasteiger partial charge < -0.3 is 10.4 Å². The van der Waals surface area contributed by atoms with Crippen molar-refractivity contribution in [3.8, 4) is 0 Å². The molecule has 1 aromatic carbocycles. The Labute approximate surface area is 126 Å². The highest BCUT2D eigenvalue weighted by molar-refractivity contribution is 6.34. The number of carbonyl (C=O) groups is 2. The monoisotopic (exact) mass is 313 g/mol. The molecule has 0 aliphatic heterocycles. The van der Waals surface area contributed by atoms with E-state index < -0.39 is 17.9 Å². The Kier molecular flexibility index (Phi) is 4.68. The van der Waals surface area contributed by atoms with Gasteiger partial charge in [0.2, 0.25) is 5.91 Å². The molecule has 1 atom stereocenters. The van der Waals surface area contributed by atoms with E-state index in [9.17, 15) is 9.59 Å². The quantitative estimate of drug-likeness (QED) is 0.821. The molecule has 1 fully saturated rings. The van der Waals surface area contributed by atoms with E-state index in [1.54, 1.807) is 24.3 Å². The van der Waals surface area contributed by atoms with Crippen molar-refractivity contribution >= 4 is 41.2 Å². The van der Waals surface area contributed by atoms with Crippen molar-refractivity contribution in [1.29, 1.82) is 0 Å². The van der Waals surface area contributed by atoms with Gasteiger partial charge in [0.15, 0.2) is 0 Å². The Morgan fingerprint density at radius 3 is 2.35 bits per heavy atom. The van der Waals surface area contributed by atoms with Gasteiger partial charge in [-0.2, -0.15) is 0 Å². The van der Waals surface area contributed by atoms with Crippen LogP contribution in [0, 0.1) is 5.92 Å². The molecule has 6 heteroatoms. The van der Waals surface area contributed by atoms with Gasteiger partial charge >= 0.3 is 5.97 Å². The highest BCUT2D eigenvalue weighted by Gasteiger charge is 2.36. The van der Waals surface area contributed by atoms with Gasteiger partial charge in [-0.05, 0) is 48.6 Å². The van der Waals surface area contributed by atoms with Gasteiger partial charge in [-0.25, -0.2) is 4.79 Å². The summed E-state index contributed by atoms with van der Waals surface area (Å²) < 4.78 is 0. The van der Waals surface area contributed by atoms with Crippen molar-refractivity contribution in [2.24, 2.45) is 5.92 Å². The molecule has 1 aliphatic rings. The maximum Gasteiger partial charge on any atom is 0.326 e. The number of carboxylic acid groups (broad SMARTS) is 1. The molecule has 2 rings (SSSR count). The van der Waals surface area contributed by atoms with E-state index in [2.05, 4.69) is 5.32 Å². The second kappa shape index (κ2) is 6.29. The molecule has 0 spiro atoms. The summed E-state index contributed by atoms with van der Waals surface area (Å²) in [6.45, 7) is 0. The Hall–Kier alpha value is -1.52. The maximum absolute atomic E-state index is 11.7. The highest BCUT2D eigenvalue weighted by atomic mass is 35.5. The number of nitrogens with one attached hydrogen (secondary N) is 1. The highest BCUT2D eigenvalue weighted by Crippen LogP contribution is 2.32. The van der Waals surface area contributed by atoms with Gasteiger partial charge in [-0.1, -0.05) is 23.2 Å². The predicted octanol–water partition coefficient (Wildman–Crippen LogP) is 2.99. The van der Waals surface area contributed by atoms with Crippen molar-refractivity contribution in [2.45, 2.75) is 18.9 Å². The van der Waals surface area contributed by atoms with Crippen LogP contribution in [-0.4, -0.2) is 23.0 Å². The first-order chi connectivity index (χ1) is 9.45. The molecule has 2 N–H and O–H groups in total. The number of hydrogen-bond acceptors (Lipinski definition) is 2. The van der Waals surface area contributed by atoms with Gasteiger partial charge in [0.1, 0.15) is 6.04 Å². The molecule has 20 heavy (non-hydrogen) atoms. The summed E-state index contributed by atoms with van der Waals surface area (Å²) in [5, 5.41) is 12.4. The number of aliphatic carboxylic acids is 1. The number of benzene rings is 1. The minimum atomic E-state index is -1.000. The van der Waals surface area contributed by atoms with E-state index in [-0.39, 0.29) is 5.92 Å². The van der Waals surface area contributed by atoms with Crippen LogP contribution >= 0.6 is 23.2 Å². The second-order valence-electron chi connectivity index (χ2n) is 4.70. The Morgan fingerprint density at radius 2 is 1.85 bits per heavy atom. The number of rotatable bonds is 5. The van der Waals surface area contributed by atoms with Crippen LogP contribution in [0.2, 0.25) is 10.0 Å². The predicted molar refractivity (Wildman–Crippen MR) is 77.8 cm³/mol. The molecule has 0 radical (unpaired) electrons. The van der Waals surface area contributed by atoms with E-state index in [0.717, 1.165) is 12.8 Å². The fourth-order valence-corrected chi connectivity index (χ4v) is 2.40. The third kappa shape index (κ3) is 4.25. The topological polar surface area (TPSA) is 66.4 Å². The number of amides is 1. The summed E-state index contributed by atoms with van der Waals surface area (Å²) >= 11 is 11.7. The molecule has 4 nitrogen and oxygen atoms in total. The molecule has 1 aliphatic carbocycles. The lowest BCUT2D eigenvalue weighted by Gasteiger charge is -2.11. The molecule has 1 unspecified atom stereocenters. The number of carboxylic acids is 1. The largest absolute Gasteiger partial charge is 0.480 e. The molecule has 1 amide bonds. The summed E-state index contributed by atoms with van der Waals surface area (Å²) in [5.74, 6) is -1.40. The summed E-state index contributed by atoms with van der Waals surface area (Å²) in [7, 11) is 0. The lowest BCUT2D eigenvalue weighted by molar-refractivity contribution is -0.141. The Balaban J connectivity index is 1.99. The van der Waals surface area contributed by atoms with E-state index in [1.165, 1.54) is 6.08 Å². The fourth-order valence-electron chi connectivity index (χ4n) is 1.86. The number of hydrogen-bond donors (Lipinski definition) is 2. The van der Waals surface area contributed by atoms with Crippen molar-refractivity contribution in [2.75, 3.05) is 0 Å². The van der Waals surface area contributed by atoms with Gasteiger partial charge in [-0.15, -0.1) is 0 Å². The average Bonchev–Trinajstić information content (AvgIpc) is 3.16. The van der Waals surface area contributed by atoms with E-state index in [1.807, 2.05) is 0 Å². The van der Waals surface area contributed by atoms with E-state index in [0.29, 0.717) is 15.6 Å². The molecule has 0 aromatic heterocycles. The van der Waals surface area contributed by atoms with Crippen molar-refractivity contribution in [3.05, 3.63) is 39.9 Å². The summed E-state index contributed by atoms with van der Waals surface area (Å²) in [6.07, 6.45) is 4.49. The normalized spacial score (nSPS) is 16.1. The molecule has 1 saturated carbocycles. The van der Waals surface area contributed by atoms with Crippen LogP contribution in [0.1, 0.15) is 18.4 Å². The molecule has 0 bridgehead atoms. The number of halogens is 2. The third-order valence-corrected chi connectivity index (χ3v) is 3.41. The maximum atomic E-state index is 11.7. The zero-order chi connectivity index (χ0) is 14.7. The first-order valence-corrected chi connectivity index (χ1v) is 6.89. The van der Waals surface area contributed by atoms with Crippen molar-refractivity contribution in [1.82, 2.24) is 5.32 Å². The van der Waals surface area contributed by atoms with Crippen LogP contribution in [0.3, 0.4) is 0 Å². The van der Waals surface area contributed by atoms with E-state index in [4.69, 9.17) is 28.3 Å². The Morgan fingerprint density at radius 1 is 1.25 bits per heavy atom. The summed E-state index contributed by atoms with van der Waals surface area (Å²) in [4.78, 5) is 22.7. The lowest BCUT2D eigenvalue weighted by Crippen LogP contribution is -2.41. The zero-order valence-corrected chi connectivity index (χ0v) is 12.0. The molecule has 106 valence electrons. The van der Waals surface area contributed by atoms with Crippen LogP contribution in [0.25, 0.3) is 6.08 Å². The lowest BCUT2D eigenvalue weighted by atomic mass is 10.2. The zero-order valence-electron chi connectivity index (χ0n) is 10.5. The SMILES string of the molecule is O=C(C=Cc1cc(Cl)cc(Cl)c1)NC(C(=O)O)C1CC1. The van der Waals surface area contributed by atoms with Crippen LogP contribution in [-0.2, 0) is 9.59 Å². The molecular formula is C14H13Cl2NO3. The van der Waals surface area contributed by atoms with Crippen LogP contribution in [0.15, 0.2) is 24.3 Å². The van der Waals surface area contributed by atoms with Crippen molar-refractivity contribution < 1.29 is 14.7 Å². The molecule has 0 heterocycles. The van der Waals surface area contributed by atoms with Crippen LogP contribution in [0.4, 0.5) is 0 Å². The molecular weight excluding hydrogens is 301 g/mol. The van der Waals surface area contributed by atoms with Crippen molar-refractivity contribution in [3.63, 3.8) is 0 Å². The average molecular weight is 314 g/mol. The first-order valence-electron chi connectivity index (χ1n) is 6.13. The Bertz CT molecular complexity index is 547. The number of carbonyl (C=O) groups excluding carboxylic acids is 1. The molecule has 0 saturated heterocycles.